The highest BCUT2D eigenvalue weighted by molar-refractivity contribution is 6.01. The van der Waals surface area contributed by atoms with Crippen LogP contribution in [0.5, 0.6) is 5.75 Å². The monoisotopic (exact) mass is 334 g/mol. The maximum Gasteiger partial charge on any atom is 0.326 e. The first-order chi connectivity index (χ1) is 11.2. The maximum absolute atomic E-state index is 12.1. The van der Waals surface area contributed by atoms with Gasteiger partial charge in [-0.05, 0) is 39.8 Å². The molecule has 0 unspecified atom stereocenters. The smallest absolute Gasteiger partial charge is 0.326 e. The lowest BCUT2D eigenvalue weighted by atomic mass is 10.1. The summed E-state index contributed by atoms with van der Waals surface area (Å²) in [5.74, 6) is -0.845. The average molecular weight is 334 g/mol. The number of nitrogens with zero attached hydrogens (tertiary/aromatic N) is 1. The van der Waals surface area contributed by atoms with Crippen LogP contribution in [0, 0.1) is 0 Å². The summed E-state index contributed by atoms with van der Waals surface area (Å²) in [5, 5.41) is 2.74. The molecule has 24 heavy (non-hydrogen) atoms. The number of carbonyl (C=O) groups is 3. The molecule has 1 aromatic carbocycles. The van der Waals surface area contributed by atoms with Crippen molar-refractivity contribution in [2.24, 2.45) is 0 Å². The summed E-state index contributed by atoms with van der Waals surface area (Å²) >= 11 is 0. The number of anilines is 1. The third-order valence-electron chi connectivity index (χ3n) is 3.27. The van der Waals surface area contributed by atoms with Crippen LogP contribution in [0.1, 0.15) is 27.7 Å². The first-order valence-corrected chi connectivity index (χ1v) is 7.71. The van der Waals surface area contributed by atoms with E-state index >= 15 is 0 Å². The van der Waals surface area contributed by atoms with E-state index in [1.807, 2.05) is 20.8 Å². The van der Waals surface area contributed by atoms with Gasteiger partial charge in [-0.2, -0.15) is 0 Å². The quantitative estimate of drug-likeness (QED) is 0.838. The predicted octanol–water partition coefficient (Wildman–Crippen LogP) is 1.26. The Labute approximate surface area is 140 Å². The Kier molecular flexibility index (Phi) is 5.11. The molecule has 130 valence electrons. The molecule has 1 aromatic rings. The molecule has 1 heterocycles. The maximum atomic E-state index is 12.1. The Bertz CT molecular complexity index is 651. The van der Waals surface area contributed by atoms with Crippen LogP contribution in [0.15, 0.2) is 24.3 Å². The molecule has 2 rings (SSSR count). The van der Waals surface area contributed by atoms with Crippen molar-refractivity contribution in [3.63, 3.8) is 0 Å². The third-order valence-corrected chi connectivity index (χ3v) is 3.27. The molecule has 0 aliphatic carbocycles. The summed E-state index contributed by atoms with van der Waals surface area (Å²) in [7, 11) is 0. The molecule has 1 atom stereocenters. The van der Waals surface area contributed by atoms with Crippen molar-refractivity contribution in [3.8, 4) is 5.75 Å². The zero-order chi connectivity index (χ0) is 17.9. The van der Waals surface area contributed by atoms with Gasteiger partial charge in [0.05, 0.1) is 5.69 Å². The van der Waals surface area contributed by atoms with E-state index in [9.17, 15) is 14.4 Å². The van der Waals surface area contributed by atoms with Gasteiger partial charge in [-0.3, -0.25) is 19.3 Å². The van der Waals surface area contributed by atoms with E-state index in [0.717, 1.165) is 0 Å². The van der Waals surface area contributed by atoms with Crippen LogP contribution in [-0.2, 0) is 19.1 Å². The summed E-state index contributed by atoms with van der Waals surface area (Å²) in [5.41, 5.74) is 0.0918. The highest BCUT2D eigenvalue weighted by Crippen LogP contribution is 2.31. The normalized spacial score (nSPS) is 15.2. The second kappa shape index (κ2) is 6.90. The average Bonchev–Trinajstić information content (AvgIpc) is 2.48. The lowest BCUT2D eigenvalue weighted by Gasteiger charge is -2.29. The molecule has 7 heteroatoms. The lowest BCUT2D eigenvalue weighted by molar-refractivity contribution is -0.154. The zero-order valence-electron chi connectivity index (χ0n) is 14.3. The van der Waals surface area contributed by atoms with Crippen LogP contribution in [0.2, 0.25) is 0 Å². The van der Waals surface area contributed by atoms with Crippen molar-refractivity contribution < 1.29 is 23.9 Å². The fourth-order valence-electron chi connectivity index (χ4n) is 2.22. The van der Waals surface area contributed by atoms with Crippen molar-refractivity contribution in [1.82, 2.24) is 5.32 Å². The highest BCUT2D eigenvalue weighted by atomic mass is 16.5. The van der Waals surface area contributed by atoms with Gasteiger partial charge < -0.3 is 14.8 Å². The Hall–Kier alpha value is -2.57. The number of hydrogen-bond donors (Lipinski definition) is 1. The number of amides is 2. The van der Waals surface area contributed by atoms with Gasteiger partial charge in [0, 0.05) is 5.54 Å². The van der Waals surface area contributed by atoms with E-state index in [-0.39, 0.29) is 25.0 Å². The standard InChI is InChI=1S/C17H22N2O5/c1-11(16(22)18-17(2,3)4)24-15(21)9-19-12-7-5-6-8-13(12)23-10-14(19)20/h5-8,11H,9-10H2,1-4H3,(H,18,22)/t11-/m0/s1. The lowest BCUT2D eigenvalue weighted by Crippen LogP contribution is -2.47. The minimum Gasteiger partial charge on any atom is -0.482 e. The number of hydrogen-bond acceptors (Lipinski definition) is 5. The van der Waals surface area contributed by atoms with Crippen LogP contribution in [0.4, 0.5) is 5.69 Å². The van der Waals surface area contributed by atoms with Gasteiger partial charge >= 0.3 is 5.97 Å². The van der Waals surface area contributed by atoms with E-state index in [1.165, 1.54) is 11.8 Å². The van der Waals surface area contributed by atoms with Crippen molar-refractivity contribution in [3.05, 3.63) is 24.3 Å². The van der Waals surface area contributed by atoms with E-state index in [1.54, 1.807) is 24.3 Å². The van der Waals surface area contributed by atoms with Gasteiger partial charge in [-0.15, -0.1) is 0 Å². The van der Waals surface area contributed by atoms with E-state index in [2.05, 4.69) is 5.32 Å². The molecule has 2 amide bonds. The number of para-hydroxylation sites is 2. The Morgan fingerprint density at radius 2 is 2.00 bits per heavy atom. The minimum atomic E-state index is -0.942. The molecule has 7 nitrogen and oxygen atoms in total. The molecule has 0 saturated carbocycles. The van der Waals surface area contributed by atoms with Crippen LogP contribution >= 0.6 is 0 Å². The fourth-order valence-corrected chi connectivity index (χ4v) is 2.22. The molecule has 0 aromatic heterocycles. The molecular weight excluding hydrogens is 312 g/mol. The van der Waals surface area contributed by atoms with Crippen molar-refractivity contribution in [1.29, 1.82) is 0 Å². The Balaban J connectivity index is 2.00. The molecular formula is C17H22N2O5. The van der Waals surface area contributed by atoms with E-state index in [0.29, 0.717) is 11.4 Å². The highest BCUT2D eigenvalue weighted by Gasteiger charge is 2.29. The van der Waals surface area contributed by atoms with Crippen LogP contribution in [-0.4, -0.2) is 42.6 Å². The molecule has 0 saturated heterocycles. The topological polar surface area (TPSA) is 84.9 Å². The van der Waals surface area contributed by atoms with Crippen LogP contribution in [0.25, 0.3) is 0 Å². The van der Waals surface area contributed by atoms with Gasteiger partial charge in [0.1, 0.15) is 12.3 Å². The second-order valence-corrected chi connectivity index (χ2v) is 6.61. The summed E-state index contributed by atoms with van der Waals surface area (Å²) in [6, 6.07) is 6.94. The largest absolute Gasteiger partial charge is 0.482 e. The van der Waals surface area contributed by atoms with Gasteiger partial charge in [0.25, 0.3) is 11.8 Å². The first kappa shape index (κ1) is 17.8. The third kappa shape index (κ3) is 4.47. The molecule has 0 fully saturated rings. The second-order valence-electron chi connectivity index (χ2n) is 6.61. The number of ether oxygens (including phenoxy) is 2. The summed E-state index contributed by atoms with van der Waals surface area (Å²) in [4.78, 5) is 37.4. The molecule has 0 radical (unpaired) electrons. The van der Waals surface area contributed by atoms with Crippen molar-refractivity contribution in [2.45, 2.75) is 39.3 Å². The van der Waals surface area contributed by atoms with Crippen molar-refractivity contribution >= 4 is 23.5 Å². The van der Waals surface area contributed by atoms with Gasteiger partial charge in [-0.1, -0.05) is 12.1 Å². The number of esters is 1. The molecule has 1 N–H and O–H groups in total. The summed E-state index contributed by atoms with van der Waals surface area (Å²) in [6.45, 7) is 6.60. The fraction of sp³-hybridized carbons (Fsp3) is 0.471. The van der Waals surface area contributed by atoms with Gasteiger partial charge in [-0.25, -0.2) is 0 Å². The predicted molar refractivity (Wildman–Crippen MR) is 87.7 cm³/mol. The number of fused-ring (bicyclic) bond motifs is 1. The minimum absolute atomic E-state index is 0.135. The number of benzene rings is 1. The Morgan fingerprint density at radius 1 is 1.33 bits per heavy atom. The van der Waals surface area contributed by atoms with Crippen LogP contribution < -0.4 is 15.0 Å². The zero-order valence-corrected chi connectivity index (χ0v) is 14.3. The van der Waals surface area contributed by atoms with Crippen molar-refractivity contribution in [2.75, 3.05) is 18.1 Å². The molecule has 1 aliphatic rings. The number of carbonyl (C=O) groups excluding carboxylic acids is 3. The number of rotatable bonds is 4. The summed E-state index contributed by atoms with van der Waals surface area (Å²) < 4.78 is 10.5. The van der Waals surface area contributed by atoms with Crippen LogP contribution in [0.3, 0.4) is 0 Å². The van der Waals surface area contributed by atoms with Gasteiger partial charge in [0.15, 0.2) is 12.7 Å². The van der Waals surface area contributed by atoms with E-state index < -0.39 is 17.6 Å². The first-order valence-electron chi connectivity index (χ1n) is 7.71. The molecule has 0 spiro atoms. The van der Waals surface area contributed by atoms with Gasteiger partial charge in [0.2, 0.25) is 0 Å². The number of nitrogens with one attached hydrogen (secondary N) is 1. The van der Waals surface area contributed by atoms with E-state index in [4.69, 9.17) is 9.47 Å². The molecule has 1 aliphatic heterocycles. The summed E-state index contributed by atoms with van der Waals surface area (Å²) in [6.07, 6.45) is -0.942. The SMILES string of the molecule is C[C@H](OC(=O)CN1C(=O)COc2ccccc21)C(=O)NC(C)(C)C. The Morgan fingerprint density at radius 3 is 2.67 bits per heavy atom. The molecule has 0 bridgehead atoms.